The Bertz CT molecular complexity index is 443. The Morgan fingerprint density at radius 1 is 1.29 bits per heavy atom. The van der Waals surface area contributed by atoms with Crippen LogP contribution in [-0.4, -0.2) is 9.97 Å². The van der Waals surface area contributed by atoms with Gasteiger partial charge in [0.1, 0.15) is 0 Å². The molecule has 2 nitrogen and oxygen atoms in total. The standard InChI is InChI=1S/C15H20N2/c1-12(13-6-4-8-16-11-13)10-15(2,3)14-7-5-9-17-14/h4-9,11-12,17H,10H2,1-3H3. The zero-order valence-electron chi connectivity index (χ0n) is 10.8. The first-order valence-electron chi connectivity index (χ1n) is 6.13. The van der Waals surface area contributed by atoms with Crippen LogP contribution >= 0.6 is 0 Å². The van der Waals surface area contributed by atoms with Crippen molar-refractivity contribution in [1.82, 2.24) is 9.97 Å². The van der Waals surface area contributed by atoms with Crippen LogP contribution in [0.5, 0.6) is 0 Å². The SMILES string of the molecule is CC(CC(C)(C)c1ccc[nH]1)c1cccnc1. The summed E-state index contributed by atoms with van der Waals surface area (Å²) in [5.41, 5.74) is 2.78. The van der Waals surface area contributed by atoms with E-state index < -0.39 is 0 Å². The van der Waals surface area contributed by atoms with Crippen LogP contribution in [0.1, 0.15) is 44.4 Å². The van der Waals surface area contributed by atoms with Crippen molar-refractivity contribution in [2.24, 2.45) is 0 Å². The van der Waals surface area contributed by atoms with Gasteiger partial charge in [0.2, 0.25) is 0 Å². The average Bonchev–Trinajstić information content (AvgIpc) is 2.84. The van der Waals surface area contributed by atoms with E-state index in [0.29, 0.717) is 5.92 Å². The highest BCUT2D eigenvalue weighted by Gasteiger charge is 2.24. The maximum Gasteiger partial charge on any atom is 0.0302 e. The smallest absolute Gasteiger partial charge is 0.0302 e. The first-order chi connectivity index (χ1) is 8.09. The number of H-pyrrole nitrogens is 1. The molecule has 0 spiro atoms. The highest BCUT2D eigenvalue weighted by molar-refractivity contribution is 5.19. The molecule has 0 aromatic carbocycles. The Labute approximate surface area is 103 Å². The molecule has 1 unspecified atom stereocenters. The van der Waals surface area contributed by atoms with Gasteiger partial charge in [-0.05, 0) is 36.1 Å². The van der Waals surface area contributed by atoms with Crippen molar-refractivity contribution in [2.45, 2.75) is 38.5 Å². The van der Waals surface area contributed by atoms with Crippen LogP contribution in [-0.2, 0) is 5.41 Å². The number of pyridine rings is 1. The lowest BCUT2D eigenvalue weighted by Crippen LogP contribution is -2.20. The van der Waals surface area contributed by atoms with Crippen molar-refractivity contribution in [3.05, 3.63) is 54.1 Å². The molecule has 2 aromatic rings. The zero-order valence-corrected chi connectivity index (χ0v) is 10.8. The predicted molar refractivity (Wildman–Crippen MR) is 71.1 cm³/mol. The van der Waals surface area contributed by atoms with Crippen LogP contribution in [0.15, 0.2) is 42.9 Å². The summed E-state index contributed by atoms with van der Waals surface area (Å²) in [6.45, 7) is 6.83. The Hall–Kier alpha value is -1.57. The molecule has 0 aliphatic rings. The monoisotopic (exact) mass is 228 g/mol. The van der Waals surface area contributed by atoms with Crippen LogP contribution in [0.2, 0.25) is 0 Å². The number of aromatic amines is 1. The third-order valence-corrected chi connectivity index (χ3v) is 3.40. The average molecular weight is 228 g/mol. The first kappa shape index (κ1) is 11.9. The first-order valence-corrected chi connectivity index (χ1v) is 6.13. The summed E-state index contributed by atoms with van der Waals surface area (Å²) in [6.07, 6.45) is 6.90. The highest BCUT2D eigenvalue weighted by Crippen LogP contribution is 2.33. The molecule has 2 heteroatoms. The van der Waals surface area contributed by atoms with Crippen molar-refractivity contribution in [2.75, 3.05) is 0 Å². The molecule has 2 rings (SSSR count). The minimum Gasteiger partial charge on any atom is -0.365 e. The summed E-state index contributed by atoms with van der Waals surface area (Å²) in [5.74, 6) is 0.516. The third-order valence-electron chi connectivity index (χ3n) is 3.40. The fourth-order valence-electron chi connectivity index (χ4n) is 2.41. The minimum absolute atomic E-state index is 0.165. The molecule has 0 bridgehead atoms. The van der Waals surface area contributed by atoms with Crippen LogP contribution in [0.4, 0.5) is 0 Å². The van der Waals surface area contributed by atoms with Gasteiger partial charge in [-0.15, -0.1) is 0 Å². The summed E-state index contributed by atoms with van der Waals surface area (Å²) < 4.78 is 0. The topological polar surface area (TPSA) is 28.7 Å². The molecule has 0 saturated carbocycles. The maximum absolute atomic E-state index is 4.19. The van der Waals surface area contributed by atoms with Gasteiger partial charge in [0.15, 0.2) is 0 Å². The minimum atomic E-state index is 0.165. The number of rotatable bonds is 4. The van der Waals surface area contributed by atoms with E-state index in [1.807, 2.05) is 24.7 Å². The molecule has 0 amide bonds. The molecular weight excluding hydrogens is 208 g/mol. The molecular formula is C15H20N2. The van der Waals surface area contributed by atoms with Gasteiger partial charge >= 0.3 is 0 Å². The van der Waals surface area contributed by atoms with Crippen molar-refractivity contribution >= 4 is 0 Å². The Kier molecular flexibility index (Phi) is 3.32. The van der Waals surface area contributed by atoms with E-state index in [2.05, 4.69) is 48.9 Å². The third kappa shape index (κ3) is 2.76. The second-order valence-corrected chi connectivity index (χ2v) is 5.36. The predicted octanol–water partition coefficient (Wildman–Crippen LogP) is 3.88. The lowest BCUT2D eigenvalue weighted by atomic mass is 9.79. The second-order valence-electron chi connectivity index (χ2n) is 5.36. The van der Waals surface area contributed by atoms with Crippen molar-refractivity contribution in [1.29, 1.82) is 0 Å². The lowest BCUT2D eigenvalue weighted by molar-refractivity contribution is 0.429. The van der Waals surface area contributed by atoms with E-state index in [-0.39, 0.29) is 5.41 Å². The molecule has 0 radical (unpaired) electrons. The van der Waals surface area contributed by atoms with Gasteiger partial charge in [0.25, 0.3) is 0 Å². The maximum atomic E-state index is 4.19. The van der Waals surface area contributed by atoms with Crippen molar-refractivity contribution < 1.29 is 0 Å². The lowest BCUT2D eigenvalue weighted by Gasteiger charge is -2.27. The summed E-state index contributed by atoms with van der Waals surface area (Å²) in [6, 6.07) is 8.39. The van der Waals surface area contributed by atoms with E-state index in [0.717, 1.165) is 6.42 Å². The van der Waals surface area contributed by atoms with E-state index in [1.165, 1.54) is 11.3 Å². The second kappa shape index (κ2) is 4.74. The highest BCUT2D eigenvalue weighted by atomic mass is 14.7. The number of hydrogen-bond donors (Lipinski definition) is 1. The number of nitrogens with one attached hydrogen (secondary N) is 1. The Morgan fingerprint density at radius 3 is 2.71 bits per heavy atom. The molecule has 1 N–H and O–H groups in total. The molecule has 2 heterocycles. The largest absolute Gasteiger partial charge is 0.365 e. The van der Waals surface area contributed by atoms with E-state index in [1.54, 1.807) is 0 Å². The van der Waals surface area contributed by atoms with Crippen LogP contribution in [0.3, 0.4) is 0 Å². The van der Waals surface area contributed by atoms with Gasteiger partial charge < -0.3 is 4.98 Å². The van der Waals surface area contributed by atoms with Crippen LogP contribution in [0, 0.1) is 0 Å². The van der Waals surface area contributed by atoms with Crippen LogP contribution < -0.4 is 0 Å². The molecule has 0 fully saturated rings. The van der Waals surface area contributed by atoms with Crippen molar-refractivity contribution in [3.63, 3.8) is 0 Å². The molecule has 0 saturated heterocycles. The summed E-state index contributed by atoms with van der Waals surface area (Å²) in [4.78, 5) is 7.51. The quantitative estimate of drug-likeness (QED) is 0.845. The number of nitrogens with zero attached hydrogens (tertiary/aromatic N) is 1. The van der Waals surface area contributed by atoms with E-state index in [4.69, 9.17) is 0 Å². The Morgan fingerprint density at radius 2 is 2.12 bits per heavy atom. The van der Waals surface area contributed by atoms with Gasteiger partial charge in [-0.3, -0.25) is 4.98 Å². The zero-order chi connectivity index (χ0) is 12.3. The number of hydrogen-bond acceptors (Lipinski definition) is 1. The van der Waals surface area contributed by atoms with Gasteiger partial charge in [-0.25, -0.2) is 0 Å². The number of aromatic nitrogens is 2. The van der Waals surface area contributed by atoms with E-state index >= 15 is 0 Å². The van der Waals surface area contributed by atoms with Gasteiger partial charge in [-0.2, -0.15) is 0 Å². The van der Waals surface area contributed by atoms with Gasteiger partial charge in [-0.1, -0.05) is 26.8 Å². The summed E-state index contributed by atoms with van der Waals surface area (Å²) in [7, 11) is 0. The van der Waals surface area contributed by atoms with Gasteiger partial charge in [0.05, 0.1) is 0 Å². The molecule has 0 aliphatic carbocycles. The van der Waals surface area contributed by atoms with E-state index in [9.17, 15) is 0 Å². The van der Waals surface area contributed by atoms with Crippen LogP contribution in [0.25, 0.3) is 0 Å². The van der Waals surface area contributed by atoms with Gasteiger partial charge in [0, 0.05) is 29.7 Å². The fourth-order valence-corrected chi connectivity index (χ4v) is 2.41. The molecule has 0 aliphatic heterocycles. The Balaban J connectivity index is 2.11. The summed E-state index contributed by atoms with van der Waals surface area (Å²) in [5, 5.41) is 0. The van der Waals surface area contributed by atoms with Crippen molar-refractivity contribution in [3.8, 4) is 0 Å². The normalized spacial score (nSPS) is 13.6. The molecule has 17 heavy (non-hydrogen) atoms. The summed E-state index contributed by atoms with van der Waals surface area (Å²) >= 11 is 0. The fraction of sp³-hybridized carbons (Fsp3) is 0.400. The molecule has 90 valence electrons. The molecule has 2 aromatic heterocycles. The molecule has 1 atom stereocenters.